The molecule has 0 radical (unpaired) electrons. The number of imide groups is 1. The average Bonchev–Trinajstić information content (AvgIpc) is 3.29. The van der Waals surface area contributed by atoms with Gasteiger partial charge in [0.15, 0.2) is 0 Å². The Morgan fingerprint density at radius 2 is 1.74 bits per heavy atom. The summed E-state index contributed by atoms with van der Waals surface area (Å²) >= 11 is 1.61. The molecule has 1 N–H and O–H groups in total. The van der Waals surface area contributed by atoms with Crippen LogP contribution >= 0.6 is 11.3 Å². The van der Waals surface area contributed by atoms with Crippen molar-refractivity contribution in [3.63, 3.8) is 0 Å². The Bertz CT molecular complexity index is 838. The van der Waals surface area contributed by atoms with E-state index in [1.807, 2.05) is 41.8 Å². The Hall–Kier alpha value is -2.47. The maximum Gasteiger partial charge on any atom is 0.233 e. The fraction of sp³-hybridized carbons (Fsp3) is 0.381. The van der Waals surface area contributed by atoms with Crippen molar-refractivity contribution in [3.05, 3.63) is 41.8 Å². The highest BCUT2D eigenvalue weighted by atomic mass is 32.1. The van der Waals surface area contributed by atoms with Crippen molar-refractivity contribution in [2.75, 3.05) is 11.9 Å². The van der Waals surface area contributed by atoms with Crippen LogP contribution in [0.25, 0.3) is 10.4 Å². The van der Waals surface area contributed by atoms with Crippen LogP contribution in [0.4, 0.5) is 5.69 Å². The molecule has 27 heavy (non-hydrogen) atoms. The Morgan fingerprint density at radius 3 is 2.41 bits per heavy atom. The van der Waals surface area contributed by atoms with Crippen LogP contribution in [0, 0.1) is 11.8 Å². The van der Waals surface area contributed by atoms with Crippen LogP contribution in [0.3, 0.4) is 0 Å². The first kappa shape index (κ1) is 17.9. The number of hydrogen-bond donors (Lipinski definition) is 1. The molecule has 1 saturated heterocycles. The Kier molecular flexibility index (Phi) is 5.07. The van der Waals surface area contributed by atoms with Crippen molar-refractivity contribution in [3.8, 4) is 10.4 Å². The molecule has 2 atom stereocenters. The van der Waals surface area contributed by atoms with Gasteiger partial charge >= 0.3 is 0 Å². The molecule has 2 aromatic rings. The Labute approximate surface area is 162 Å². The third-order valence-electron chi connectivity index (χ3n) is 5.48. The van der Waals surface area contributed by atoms with Crippen molar-refractivity contribution in [2.45, 2.75) is 32.1 Å². The molecule has 4 rings (SSSR count). The van der Waals surface area contributed by atoms with E-state index in [2.05, 4.69) is 5.32 Å². The molecule has 140 valence electrons. The van der Waals surface area contributed by atoms with Gasteiger partial charge in [0.25, 0.3) is 0 Å². The zero-order valence-electron chi connectivity index (χ0n) is 15.0. The number of nitrogens with zero attached hydrogens (tertiary/aromatic N) is 1. The van der Waals surface area contributed by atoms with Gasteiger partial charge in [0.05, 0.1) is 11.8 Å². The summed E-state index contributed by atoms with van der Waals surface area (Å²) in [6.45, 7) is 0.164. The summed E-state index contributed by atoms with van der Waals surface area (Å²) in [6, 6.07) is 11.6. The van der Waals surface area contributed by atoms with Crippen molar-refractivity contribution < 1.29 is 14.4 Å². The lowest BCUT2D eigenvalue weighted by atomic mass is 9.81. The highest BCUT2D eigenvalue weighted by Gasteiger charge is 2.47. The molecule has 1 aliphatic carbocycles. The number of benzene rings is 1. The predicted molar refractivity (Wildman–Crippen MR) is 105 cm³/mol. The maximum absolute atomic E-state index is 12.5. The van der Waals surface area contributed by atoms with E-state index in [1.165, 1.54) is 4.90 Å². The highest BCUT2D eigenvalue weighted by Crippen LogP contribution is 2.38. The van der Waals surface area contributed by atoms with Gasteiger partial charge in [-0.25, -0.2) is 0 Å². The van der Waals surface area contributed by atoms with E-state index >= 15 is 0 Å². The van der Waals surface area contributed by atoms with Gasteiger partial charge in [-0.3, -0.25) is 19.3 Å². The van der Waals surface area contributed by atoms with Gasteiger partial charge in [0.1, 0.15) is 0 Å². The number of para-hydroxylation sites is 1. The van der Waals surface area contributed by atoms with Crippen LogP contribution in [-0.2, 0) is 14.4 Å². The van der Waals surface area contributed by atoms with Crippen molar-refractivity contribution in [1.82, 2.24) is 4.90 Å². The standard InChI is InChI=1S/C21H22N2O3S/c24-19(22-17-9-4-3-8-16(17)18-10-5-13-27-18)11-12-23-20(25)14-6-1-2-7-15(14)21(23)26/h3-5,8-10,13-15H,1-2,6-7,11-12H2,(H,22,24). The molecule has 2 fully saturated rings. The average molecular weight is 382 g/mol. The van der Waals surface area contributed by atoms with Gasteiger partial charge < -0.3 is 5.32 Å². The monoisotopic (exact) mass is 382 g/mol. The second-order valence-corrected chi connectivity index (χ2v) is 8.09. The lowest BCUT2D eigenvalue weighted by Crippen LogP contribution is -2.34. The van der Waals surface area contributed by atoms with Crippen LogP contribution in [-0.4, -0.2) is 29.2 Å². The number of likely N-dealkylation sites (tertiary alicyclic amines) is 1. The summed E-state index contributed by atoms with van der Waals surface area (Å²) in [5.41, 5.74) is 1.72. The smallest absolute Gasteiger partial charge is 0.233 e. The van der Waals surface area contributed by atoms with E-state index in [4.69, 9.17) is 0 Å². The molecule has 0 spiro atoms. The van der Waals surface area contributed by atoms with E-state index in [0.29, 0.717) is 0 Å². The van der Waals surface area contributed by atoms with Crippen molar-refractivity contribution in [2.24, 2.45) is 11.8 Å². The van der Waals surface area contributed by atoms with Crippen LogP contribution < -0.4 is 5.32 Å². The molecule has 2 aliphatic rings. The largest absolute Gasteiger partial charge is 0.325 e. The summed E-state index contributed by atoms with van der Waals surface area (Å²) in [5.74, 6) is -0.676. The summed E-state index contributed by atoms with van der Waals surface area (Å²) < 4.78 is 0. The summed E-state index contributed by atoms with van der Waals surface area (Å²) in [6.07, 6.45) is 3.73. The first-order valence-corrected chi connectivity index (χ1v) is 10.3. The van der Waals surface area contributed by atoms with E-state index in [1.54, 1.807) is 11.3 Å². The van der Waals surface area contributed by atoms with E-state index < -0.39 is 0 Å². The highest BCUT2D eigenvalue weighted by molar-refractivity contribution is 7.13. The molecular formula is C21H22N2O3S. The minimum Gasteiger partial charge on any atom is -0.325 e. The quantitative estimate of drug-likeness (QED) is 0.797. The fourth-order valence-corrected chi connectivity index (χ4v) is 4.88. The first-order chi connectivity index (χ1) is 13.1. The number of thiophene rings is 1. The molecule has 6 heteroatoms. The van der Waals surface area contributed by atoms with Gasteiger partial charge in [-0.05, 0) is 30.4 Å². The lowest BCUT2D eigenvalue weighted by Gasteiger charge is -2.19. The molecule has 1 saturated carbocycles. The van der Waals surface area contributed by atoms with Gasteiger partial charge in [-0.15, -0.1) is 11.3 Å². The van der Waals surface area contributed by atoms with E-state index in [9.17, 15) is 14.4 Å². The predicted octanol–water partition coefficient (Wildman–Crippen LogP) is 3.92. The summed E-state index contributed by atoms with van der Waals surface area (Å²) in [5, 5.41) is 4.93. The number of anilines is 1. The van der Waals surface area contributed by atoms with Crippen LogP contribution in [0.5, 0.6) is 0 Å². The molecule has 1 aromatic heterocycles. The number of carbonyl (C=O) groups excluding carboxylic acids is 3. The lowest BCUT2D eigenvalue weighted by molar-refractivity contribution is -0.140. The number of nitrogens with one attached hydrogen (secondary N) is 1. The van der Waals surface area contributed by atoms with Gasteiger partial charge in [-0.2, -0.15) is 0 Å². The summed E-state index contributed by atoms with van der Waals surface area (Å²) in [7, 11) is 0. The maximum atomic E-state index is 12.5. The number of hydrogen-bond acceptors (Lipinski definition) is 4. The van der Waals surface area contributed by atoms with E-state index in [0.717, 1.165) is 41.8 Å². The number of amides is 3. The van der Waals surface area contributed by atoms with Crippen LogP contribution in [0.2, 0.25) is 0 Å². The minimum absolute atomic E-state index is 0.0866. The molecule has 1 aromatic carbocycles. The number of carbonyl (C=O) groups is 3. The topological polar surface area (TPSA) is 66.5 Å². The zero-order chi connectivity index (χ0) is 18.8. The SMILES string of the molecule is O=C(CCN1C(=O)C2CCCCC2C1=O)Nc1ccccc1-c1cccs1. The Morgan fingerprint density at radius 1 is 1.04 bits per heavy atom. The first-order valence-electron chi connectivity index (χ1n) is 9.43. The molecular weight excluding hydrogens is 360 g/mol. The van der Waals surface area contributed by atoms with Gasteiger partial charge in [0, 0.05) is 29.1 Å². The van der Waals surface area contributed by atoms with Gasteiger partial charge in [-0.1, -0.05) is 37.1 Å². The number of fused-ring (bicyclic) bond motifs is 1. The van der Waals surface area contributed by atoms with Crippen LogP contribution in [0.1, 0.15) is 32.1 Å². The molecule has 2 heterocycles. The molecule has 2 unspecified atom stereocenters. The third kappa shape index (κ3) is 3.54. The van der Waals surface area contributed by atoms with Crippen molar-refractivity contribution in [1.29, 1.82) is 0 Å². The van der Waals surface area contributed by atoms with Crippen molar-refractivity contribution >= 4 is 34.7 Å². The molecule has 3 amide bonds. The molecule has 1 aliphatic heterocycles. The fourth-order valence-electron chi connectivity index (χ4n) is 4.12. The summed E-state index contributed by atoms with van der Waals surface area (Å²) in [4.78, 5) is 39.9. The minimum atomic E-state index is -0.186. The molecule has 0 bridgehead atoms. The zero-order valence-corrected chi connectivity index (χ0v) is 15.8. The second kappa shape index (κ2) is 7.64. The Balaban J connectivity index is 1.40. The molecule has 5 nitrogen and oxygen atoms in total. The second-order valence-electron chi connectivity index (χ2n) is 7.15. The van der Waals surface area contributed by atoms with Crippen LogP contribution in [0.15, 0.2) is 41.8 Å². The van der Waals surface area contributed by atoms with E-state index in [-0.39, 0.29) is 42.5 Å². The van der Waals surface area contributed by atoms with Gasteiger partial charge in [0.2, 0.25) is 17.7 Å². The third-order valence-corrected chi connectivity index (χ3v) is 6.39. The number of rotatable bonds is 5. The normalized spacial score (nSPS) is 22.0.